The summed E-state index contributed by atoms with van der Waals surface area (Å²) in [5, 5.41) is 3.29. The van der Waals surface area contributed by atoms with E-state index in [-0.39, 0.29) is 0 Å². The van der Waals surface area contributed by atoms with Gasteiger partial charge in [-0.2, -0.15) is 12.7 Å². The van der Waals surface area contributed by atoms with Crippen molar-refractivity contribution in [3.63, 3.8) is 0 Å². The molecule has 7 heteroatoms. The van der Waals surface area contributed by atoms with Crippen molar-refractivity contribution < 1.29 is 8.42 Å². The van der Waals surface area contributed by atoms with E-state index in [9.17, 15) is 8.42 Å². The van der Waals surface area contributed by atoms with Gasteiger partial charge in [0.25, 0.3) is 10.2 Å². The SMILES string of the molecule is CC(C)NCCCN(C)S(=O)(=O)NCC1CCN(C)C1. The molecular formula is C13H30N4O2S. The average Bonchev–Trinajstić information content (AvgIpc) is 2.77. The summed E-state index contributed by atoms with van der Waals surface area (Å²) in [4.78, 5) is 2.24. The van der Waals surface area contributed by atoms with Gasteiger partial charge in [0.2, 0.25) is 0 Å². The highest BCUT2D eigenvalue weighted by atomic mass is 32.2. The molecule has 0 aliphatic carbocycles. The second-order valence-corrected chi connectivity index (χ2v) is 7.92. The maximum Gasteiger partial charge on any atom is 0.279 e. The summed E-state index contributed by atoms with van der Waals surface area (Å²) in [6, 6.07) is 0.439. The molecule has 0 aromatic rings. The standard InChI is InChI=1S/C13H30N4O2S/c1-12(2)14-7-5-8-17(4)20(18,19)15-10-13-6-9-16(3)11-13/h12-15H,5-11H2,1-4H3. The van der Waals surface area contributed by atoms with Gasteiger partial charge in [0.05, 0.1) is 0 Å². The van der Waals surface area contributed by atoms with E-state index >= 15 is 0 Å². The van der Waals surface area contributed by atoms with E-state index in [2.05, 4.69) is 35.8 Å². The first-order valence-corrected chi connectivity index (χ1v) is 8.88. The fourth-order valence-corrected chi connectivity index (χ4v) is 3.38. The van der Waals surface area contributed by atoms with Crippen molar-refractivity contribution in [2.75, 3.05) is 46.8 Å². The Morgan fingerprint density at radius 2 is 2.10 bits per heavy atom. The van der Waals surface area contributed by atoms with E-state index in [1.165, 1.54) is 4.31 Å². The number of rotatable bonds is 9. The Bertz CT molecular complexity index is 373. The molecule has 120 valence electrons. The first-order chi connectivity index (χ1) is 9.31. The Balaban J connectivity index is 2.24. The predicted octanol–water partition coefficient (Wildman–Crippen LogP) is 0.0924. The molecule has 1 atom stereocenters. The molecule has 1 aliphatic heterocycles. The van der Waals surface area contributed by atoms with Crippen molar-refractivity contribution in [1.82, 2.24) is 19.2 Å². The summed E-state index contributed by atoms with van der Waals surface area (Å²) in [5.41, 5.74) is 0. The Labute approximate surface area is 124 Å². The summed E-state index contributed by atoms with van der Waals surface area (Å²) >= 11 is 0. The molecule has 0 aromatic carbocycles. The number of hydrogen-bond donors (Lipinski definition) is 2. The van der Waals surface area contributed by atoms with Gasteiger partial charge in [-0.15, -0.1) is 0 Å². The highest BCUT2D eigenvalue weighted by Crippen LogP contribution is 2.13. The van der Waals surface area contributed by atoms with Crippen molar-refractivity contribution in [3.8, 4) is 0 Å². The lowest BCUT2D eigenvalue weighted by Gasteiger charge is -2.19. The van der Waals surface area contributed by atoms with Crippen LogP contribution < -0.4 is 10.0 Å². The van der Waals surface area contributed by atoms with Gasteiger partial charge in [-0.05, 0) is 38.9 Å². The van der Waals surface area contributed by atoms with Gasteiger partial charge < -0.3 is 10.2 Å². The minimum atomic E-state index is -3.33. The Kier molecular flexibility index (Phi) is 7.39. The Morgan fingerprint density at radius 1 is 1.40 bits per heavy atom. The van der Waals surface area contributed by atoms with E-state index in [0.29, 0.717) is 25.0 Å². The van der Waals surface area contributed by atoms with Crippen LogP contribution in [0.15, 0.2) is 0 Å². The molecule has 0 amide bonds. The van der Waals surface area contributed by atoms with Crippen LogP contribution >= 0.6 is 0 Å². The quantitative estimate of drug-likeness (QED) is 0.593. The third kappa shape index (κ3) is 6.49. The molecule has 1 saturated heterocycles. The third-order valence-corrected chi connectivity index (χ3v) is 5.19. The largest absolute Gasteiger partial charge is 0.314 e. The first kappa shape index (κ1) is 17.8. The smallest absolute Gasteiger partial charge is 0.279 e. The number of likely N-dealkylation sites (tertiary alicyclic amines) is 1. The first-order valence-electron chi connectivity index (χ1n) is 7.44. The maximum atomic E-state index is 12.1. The monoisotopic (exact) mass is 306 g/mol. The van der Waals surface area contributed by atoms with Crippen LogP contribution in [0.4, 0.5) is 0 Å². The minimum absolute atomic E-state index is 0.436. The van der Waals surface area contributed by atoms with Crippen LogP contribution in [-0.4, -0.2) is 70.5 Å². The maximum absolute atomic E-state index is 12.1. The van der Waals surface area contributed by atoms with Gasteiger partial charge in [0, 0.05) is 32.7 Å². The number of hydrogen-bond acceptors (Lipinski definition) is 4. The van der Waals surface area contributed by atoms with Crippen LogP contribution in [0.5, 0.6) is 0 Å². The summed E-state index contributed by atoms with van der Waals surface area (Å²) < 4.78 is 28.3. The van der Waals surface area contributed by atoms with Crippen molar-refractivity contribution in [3.05, 3.63) is 0 Å². The lowest BCUT2D eigenvalue weighted by molar-refractivity contribution is 0.390. The summed E-state index contributed by atoms with van der Waals surface area (Å²) in [5.74, 6) is 0.436. The van der Waals surface area contributed by atoms with Gasteiger partial charge in [-0.25, -0.2) is 4.72 Å². The topological polar surface area (TPSA) is 64.7 Å². The average molecular weight is 306 g/mol. The van der Waals surface area contributed by atoms with Crippen LogP contribution in [0.1, 0.15) is 26.7 Å². The van der Waals surface area contributed by atoms with Crippen molar-refractivity contribution in [2.24, 2.45) is 5.92 Å². The highest BCUT2D eigenvalue weighted by Gasteiger charge is 2.23. The third-order valence-electron chi connectivity index (χ3n) is 3.66. The fraction of sp³-hybridized carbons (Fsp3) is 1.00. The zero-order chi connectivity index (χ0) is 15.2. The van der Waals surface area contributed by atoms with Crippen LogP contribution in [0.3, 0.4) is 0 Å². The Hall–Kier alpha value is -0.210. The summed E-state index contributed by atoms with van der Waals surface area (Å²) in [6.45, 7) is 8.13. The molecule has 1 fully saturated rings. The molecule has 2 N–H and O–H groups in total. The Morgan fingerprint density at radius 3 is 2.65 bits per heavy atom. The summed E-state index contributed by atoms with van der Waals surface area (Å²) in [6.07, 6.45) is 1.89. The van der Waals surface area contributed by atoms with Gasteiger partial charge in [0.15, 0.2) is 0 Å². The van der Waals surface area contributed by atoms with Gasteiger partial charge in [0.1, 0.15) is 0 Å². The van der Waals surface area contributed by atoms with Gasteiger partial charge in [-0.1, -0.05) is 13.8 Å². The molecule has 1 unspecified atom stereocenters. The molecule has 20 heavy (non-hydrogen) atoms. The molecule has 0 saturated carbocycles. The van der Waals surface area contributed by atoms with Crippen LogP contribution in [0, 0.1) is 5.92 Å². The zero-order valence-electron chi connectivity index (χ0n) is 13.2. The number of nitrogens with one attached hydrogen (secondary N) is 2. The van der Waals surface area contributed by atoms with Crippen molar-refractivity contribution >= 4 is 10.2 Å². The highest BCUT2D eigenvalue weighted by molar-refractivity contribution is 7.87. The molecule has 0 spiro atoms. The number of nitrogens with zero attached hydrogens (tertiary/aromatic N) is 2. The fourth-order valence-electron chi connectivity index (χ4n) is 2.34. The van der Waals surface area contributed by atoms with Crippen molar-refractivity contribution in [1.29, 1.82) is 0 Å². The van der Waals surface area contributed by atoms with E-state index < -0.39 is 10.2 Å². The minimum Gasteiger partial charge on any atom is -0.314 e. The van der Waals surface area contributed by atoms with Gasteiger partial charge in [-0.3, -0.25) is 0 Å². The molecule has 1 heterocycles. The molecular weight excluding hydrogens is 276 g/mol. The van der Waals surface area contributed by atoms with E-state index in [1.54, 1.807) is 7.05 Å². The van der Waals surface area contributed by atoms with Crippen LogP contribution in [0.2, 0.25) is 0 Å². The zero-order valence-corrected chi connectivity index (χ0v) is 14.0. The second-order valence-electron chi connectivity index (χ2n) is 6.05. The molecule has 0 aromatic heterocycles. The lowest BCUT2D eigenvalue weighted by Crippen LogP contribution is -2.41. The van der Waals surface area contributed by atoms with Crippen molar-refractivity contribution in [2.45, 2.75) is 32.7 Å². The van der Waals surface area contributed by atoms with E-state index in [1.807, 2.05) is 0 Å². The van der Waals surface area contributed by atoms with Crippen LogP contribution in [0.25, 0.3) is 0 Å². The molecule has 0 radical (unpaired) electrons. The predicted molar refractivity (Wildman–Crippen MR) is 82.9 cm³/mol. The molecule has 1 aliphatic rings. The second kappa shape index (κ2) is 8.29. The summed E-state index contributed by atoms with van der Waals surface area (Å²) in [7, 11) is 0.380. The normalized spacial score (nSPS) is 21.2. The van der Waals surface area contributed by atoms with Gasteiger partial charge >= 0.3 is 0 Å². The van der Waals surface area contributed by atoms with Crippen LogP contribution in [-0.2, 0) is 10.2 Å². The van der Waals surface area contributed by atoms with E-state index in [4.69, 9.17) is 0 Å². The molecule has 0 bridgehead atoms. The molecule has 1 rings (SSSR count). The molecule has 6 nitrogen and oxygen atoms in total. The lowest BCUT2D eigenvalue weighted by atomic mass is 10.1. The van der Waals surface area contributed by atoms with E-state index in [0.717, 1.165) is 32.5 Å².